The number of rotatable bonds is 5. The van der Waals surface area contributed by atoms with E-state index in [0.717, 1.165) is 0 Å². The molecule has 23 heavy (non-hydrogen) atoms. The molecule has 2 aromatic carbocycles. The van der Waals surface area contributed by atoms with Crippen LogP contribution in [-0.4, -0.2) is 17.4 Å². The lowest BCUT2D eigenvalue weighted by Crippen LogP contribution is -2.22. The molecule has 0 saturated carbocycles. The predicted molar refractivity (Wildman–Crippen MR) is 91.7 cm³/mol. The zero-order valence-electron chi connectivity index (χ0n) is 11.5. The summed E-state index contributed by atoms with van der Waals surface area (Å²) in [5, 5.41) is 16.8. The van der Waals surface area contributed by atoms with E-state index in [1.165, 1.54) is 30.3 Å². The zero-order valence-corrected chi connectivity index (χ0v) is 13.7. The minimum Gasteiger partial charge on any atom is -0.376 e. The number of hydrogen-bond acceptors (Lipinski definition) is 4. The molecule has 9 heteroatoms. The molecule has 0 heterocycles. The molecule has 0 atom stereocenters. The van der Waals surface area contributed by atoms with Gasteiger partial charge < -0.3 is 10.6 Å². The van der Waals surface area contributed by atoms with E-state index in [4.69, 9.17) is 34.8 Å². The Morgan fingerprint density at radius 2 is 1.78 bits per heavy atom. The second-order valence-corrected chi connectivity index (χ2v) is 5.68. The van der Waals surface area contributed by atoms with Gasteiger partial charge in [0.15, 0.2) is 0 Å². The molecule has 1 amide bonds. The van der Waals surface area contributed by atoms with E-state index >= 15 is 0 Å². The van der Waals surface area contributed by atoms with Gasteiger partial charge in [0.25, 0.3) is 5.69 Å². The van der Waals surface area contributed by atoms with Gasteiger partial charge in [-0.15, -0.1) is 0 Å². The van der Waals surface area contributed by atoms with Crippen LogP contribution in [0.3, 0.4) is 0 Å². The number of halogens is 3. The van der Waals surface area contributed by atoms with Crippen molar-refractivity contribution in [2.24, 2.45) is 0 Å². The van der Waals surface area contributed by atoms with Crippen molar-refractivity contribution in [2.75, 3.05) is 17.2 Å². The molecule has 2 rings (SSSR count). The highest BCUT2D eigenvalue weighted by Crippen LogP contribution is 2.32. The van der Waals surface area contributed by atoms with Crippen LogP contribution >= 0.6 is 34.8 Å². The summed E-state index contributed by atoms with van der Waals surface area (Å²) in [4.78, 5) is 22.1. The maximum absolute atomic E-state index is 11.9. The van der Waals surface area contributed by atoms with Gasteiger partial charge in [-0.25, -0.2) is 0 Å². The van der Waals surface area contributed by atoms with E-state index in [1.54, 1.807) is 6.07 Å². The van der Waals surface area contributed by atoms with Crippen molar-refractivity contribution >= 4 is 57.8 Å². The number of carbonyl (C=O) groups is 1. The number of nitrogens with zero attached hydrogens (tertiary/aromatic N) is 1. The Morgan fingerprint density at radius 3 is 2.48 bits per heavy atom. The van der Waals surface area contributed by atoms with E-state index in [1.807, 2.05) is 0 Å². The molecule has 6 nitrogen and oxygen atoms in total. The summed E-state index contributed by atoms with van der Waals surface area (Å²) >= 11 is 17.6. The Hall–Kier alpha value is -2.02. The molecule has 2 N–H and O–H groups in total. The number of nitrogens with one attached hydrogen (secondary N) is 2. The van der Waals surface area contributed by atoms with Gasteiger partial charge in [0.05, 0.1) is 32.2 Å². The molecular formula is C14H10Cl3N3O3. The van der Waals surface area contributed by atoms with Crippen molar-refractivity contribution in [1.82, 2.24) is 0 Å². The third-order valence-corrected chi connectivity index (χ3v) is 3.83. The lowest BCUT2D eigenvalue weighted by molar-refractivity contribution is -0.384. The molecule has 120 valence electrons. The molecule has 0 unspecified atom stereocenters. The van der Waals surface area contributed by atoms with E-state index in [0.29, 0.717) is 11.4 Å². The number of carbonyl (C=O) groups excluding carboxylic acids is 1. The molecular weight excluding hydrogens is 365 g/mol. The van der Waals surface area contributed by atoms with Gasteiger partial charge in [-0.1, -0.05) is 40.9 Å². The standard InChI is InChI=1S/C14H10Cl3N3O3/c15-10-5-12(17)13(6-11(10)16)19-14(21)7-18-8-2-1-3-9(4-8)20(22)23/h1-6,18H,7H2,(H,19,21). The number of non-ortho nitro benzene ring substituents is 1. The minimum atomic E-state index is -0.513. The monoisotopic (exact) mass is 373 g/mol. The number of nitro benzene ring substituents is 1. The molecule has 0 fully saturated rings. The largest absolute Gasteiger partial charge is 0.376 e. The Morgan fingerprint density at radius 1 is 1.09 bits per heavy atom. The normalized spacial score (nSPS) is 10.2. The summed E-state index contributed by atoms with van der Waals surface area (Å²) in [5.74, 6) is -0.392. The van der Waals surface area contributed by atoms with Gasteiger partial charge in [0.2, 0.25) is 5.91 Å². The number of nitro groups is 1. The van der Waals surface area contributed by atoms with Crippen molar-refractivity contribution in [1.29, 1.82) is 0 Å². The van der Waals surface area contributed by atoms with Gasteiger partial charge in [-0.3, -0.25) is 14.9 Å². The first kappa shape index (κ1) is 17.3. The van der Waals surface area contributed by atoms with E-state index in [2.05, 4.69) is 10.6 Å². The Kier molecular flexibility index (Phi) is 5.65. The number of hydrogen-bond donors (Lipinski definition) is 2. The van der Waals surface area contributed by atoms with Crippen LogP contribution in [0.5, 0.6) is 0 Å². The third-order valence-electron chi connectivity index (χ3n) is 2.79. The van der Waals surface area contributed by atoms with Crippen LogP contribution in [-0.2, 0) is 4.79 Å². The molecule has 0 radical (unpaired) electrons. The summed E-state index contributed by atoms with van der Waals surface area (Å²) in [6, 6.07) is 8.70. The van der Waals surface area contributed by atoms with Crippen LogP contribution in [0.15, 0.2) is 36.4 Å². The van der Waals surface area contributed by atoms with Crippen molar-refractivity contribution in [3.63, 3.8) is 0 Å². The first-order valence-corrected chi connectivity index (χ1v) is 7.43. The molecule has 0 saturated heterocycles. The number of benzene rings is 2. The summed E-state index contributed by atoms with van der Waals surface area (Å²) in [7, 11) is 0. The van der Waals surface area contributed by atoms with Gasteiger partial charge in [0.1, 0.15) is 0 Å². The topological polar surface area (TPSA) is 84.3 Å². The fourth-order valence-electron chi connectivity index (χ4n) is 1.72. The van der Waals surface area contributed by atoms with Crippen LogP contribution in [0, 0.1) is 10.1 Å². The van der Waals surface area contributed by atoms with E-state index < -0.39 is 10.8 Å². The van der Waals surface area contributed by atoms with Crippen LogP contribution < -0.4 is 10.6 Å². The maximum Gasteiger partial charge on any atom is 0.271 e. The number of anilines is 2. The third kappa shape index (κ3) is 4.72. The fourth-order valence-corrected chi connectivity index (χ4v) is 2.32. The van der Waals surface area contributed by atoms with Crippen molar-refractivity contribution in [2.45, 2.75) is 0 Å². The van der Waals surface area contributed by atoms with Crippen LogP contribution in [0.25, 0.3) is 0 Å². The SMILES string of the molecule is O=C(CNc1cccc([N+](=O)[O-])c1)Nc1cc(Cl)c(Cl)cc1Cl. The van der Waals surface area contributed by atoms with Crippen LogP contribution in [0.1, 0.15) is 0 Å². The minimum absolute atomic E-state index is 0.0667. The summed E-state index contributed by atoms with van der Waals surface area (Å²) in [5.41, 5.74) is 0.712. The quantitative estimate of drug-likeness (QED) is 0.455. The van der Waals surface area contributed by atoms with E-state index in [9.17, 15) is 14.9 Å². The Labute approximate surface area is 146 Å². The first-order chi connectivity index (χ1) is 10.9. The van der Waals surface area contributed by atoms with Crippen molar-refractivity contribution in [3.8, 4) is 0 Å². The maximum atomic E-state index is 11.9. The predicted octanol–water partition coefficient (Wildman–Crippen LogP) is 4.61. The second kappa shape index (κ2) is 7.50. The average Bonchev–Trinajstić information content (AvgIpc) is 2.51. The van der Waals surface area contributed by atoms with Crippen molar-refractivity contribution in [3.05, 3.63) is 61.6 Å². The molecule has 0 spiro atoms. The highest BCUT2D eigenvalue weighted by atomic mass is 35.5. The smallest absolute Gasteiger partial charge is 0.271 e. The van der Waals surface area contributed by atoms with E-state index in [-0.39, 0.29) is 27.3 Å². The summed E-state index contributed by atoms with van der Waals surface area (Å²) in [6.45, 7) is -0.0995. The van der Waals surface area contributed by atoms with Gasteiger partial charge >= 0.3 is 0 Å². The van der Waals surface area contributed by atoms with Gasteiger partial charge in [-0.2, -0.15) is 0 Å². The highest BCUT2D eigenvalue weighted by molar-refractivity contribution is 6.44. The molecule has 0 aliphatic rings. The lowest BCUT2D eigenvalue weighted by Gasteiger charge is -2.10. The number of amides is 1. The Balaban J connectivity index is 1.99. The van der Waals surface area contributed by atoms with Gasteiger partial charge in [-0.05, 0) is 18.2 Å². The Bertz CT molecular complexity index is 768. The first-order valence-electron chi connectivity index (χ1n) is 6.29. The average molecular weight is 375 g/mol. The lowest BCUT2D eigenvalue weighted by atomic mass is 10.3. The molecule has 0 aliphatic heterocycles. The molecule has 0 aromatic heterocycles. The fraction of sp³-hybridized carbons (Fsp3) is 0.0714. The summed E-state index contributed by atoms with van der Waals surface area (Å²) in [6.07, 6.45) is 0. The second-order valence-electron chi connectivity index (χ2n) is 4.46. The summed E-state index contributed by atoms with van der Waals surface area (Å²) < 4.78 is 0. The van der Waals surface area contributed by atoms with Gasteiger partial charge in [0, 0.05) is 17.8 Å². The van der Waals surface area contributed by atoms with Crippen LogP contribution in [0.2, 0.25) is 15.1 Å². The van der Waals surface area contributed by atoms with Crippen molar-refractivity contribution < 1.29 is 9.72 Å². The zero-order chi connectivity index (χ0) is 17.0. The highest BCUT2D eigenvalue weighted by Gasteiger charge is 2.10. The molecule has 2 aromatic rings. The van der Waals surface area contributed by atoms with Crippen LogP contribution in [0.4, 0.5) is 17.1 Å². The molecule has 0 bridgehead atoms. The molecule has 0 aliphatic carbocycles.